The number of nitrogens with zero attached hydrogens (tertiary/aromatic N) is 3. The van der Waals surface area contributed by atoms with Gasteiger partial charge in [-0.3, -0.25) is 4.72 Å². The maximum atomic E-state index is 12.9. The summed E-state index contributed by atoms with van der Waals surface area (Å²) in [5.41, 5.74) is 1.42. The summed E-state index contributed by atoms with van der Waals surface area (Å²) in [7, 11) is -3.74. The van der Waals surface area contributed by atoms with Gasteiger partial charge in [0.15, 0.2) is 11.6 Å². The first-order chi connectivity index (χ1) is 13.6. The molecule has 7 nitrogen and oxygen atoms in total. The molecule has 1 saturated heterocycles. The standard InChI is InChI=1S/C20H23N5O2S/c1-2-24-12-14-25(15-13-24)20-19(21-17-10-6-7-11-18(17)22-20)23-28(26,27)16-8-4-3-5-9-16/h3-11H,2,12-15H2,1H3,(H,21,23)/p+1. The molecule has 0 radical (unpaired) electrons. The molecule has 1 fully saturated rings. The first-order valence-electron chi connectivity index (χ1n) is 9.50. The molecule has 1 aliphatic rings. The van der Waals surface area contributed by atoms with Crippen molar-refractivity contribution in [3.63, 3.8) is 0 Å². The van der Waals surface area contributed by atoms with Gasteiger partial charge in [-0.05, 0) is 31.2 Å². The predicted molar refractivity (Wildman–Crippen MR) is 110 cm³/mol. The van der Waals surface area contributed by atoms with Gasteiger partial charge < -0.3 is 9.80 Å². The summed E-state index contributed by atoms with van der Waals surface area (Å²) in [5.74, 6) is 0.871. The zero-order valence-corrected chi connectivity index (χ0v) is 16.6. The fourth-order valence-corrected chi connectivity index (χ4v) is 4.48. The quantitative estimate of drug-likeness (QED) is 0.674. The highest BCUT2D eigenvalue weighted by atomic mass is 32.2. The van der Waals surface area contributed by atoms with E-state index in [0.29, 0.717) is 11.3 Å². The normalized spacial score (nSPS) is 15.7. The molecule has 3 aromatic rings. The average molecular weight is 399 g/mol. The summed E-state index contributed by atoms with van der Waals surface area (Å²) in [5, 5.41) is 0. The Morgan fingerprint density at radius 2 is 1.57 bits per heavy atom. The van der Waals surface area contributed by atoms with Crippen molar-refractivity contribution in [3.8, 4) is 0 Å². The molecule has 2 aromatic carbocycles. The number of sulfonamides is 1. The second kappa shape index (κ2) is 7.73. The van der Waals surface area contributed by atoms with Gasteiger partial charge in [0, 0.05) is 0 Å². The van der Waals surface area contributed by atoms with E-state index in [9.17, 15) is 8.42 Å². The molecule has 0 bridgehead atoms. The van der Waals surface area contributed by atoms with Gasteiger partial charge >= 0.3 is 0 Å². The number of hydrogen-bond acceptors (Lipinski definition) is 5. The van der Waals surface area contributed by atoms with Gasteiger partial charge in [-0.1, -0.05) is 30.3 Å². The Balaban J connectivity index is 1.74. The monoisotopic (exact) mass is 398 g/mol. The molecule has 1 aliphatic heterocycles. The Kier molecular flexibility index (Phi) is 5.15. The van der Waals surface area contributed by atoms with Gasteiger partial charge in [0.25, 0.3) is 10.0 Å². The lowest BCUT2D eigenvalue weighted by atomic mass is 10.3. The molecule has 28 heavy (non-hydrogen) atoms. The van der Waals surface area contributed by atoms with E-state index in [1.807, 2.05) is 24.3 Å². The van der Waals surface area contributed by atoms with Gasteiger partial charge in [0.2, 0.25) is 0 Å². The Morgan fingerprint density at radius 1 is 0.964 bits per heavy atom. The third-order valence-electron chi connectivity index (χ3n) is 5.11. The molecular weight excluding hydrogens is 374 g/mol. The lowest BCUT2D eigenvalue weighted by Crippen LogP contribution is -3.14. The van der Waals surface area contributed by atoms with Crippen LogP contribution < -0.4 is 14.5 Å². The summed E-state index contributed by atoms with van der Waals surface area (Å²) < 4.78 is 28.4. The van der Waals surface area contributed by atoms with E-state index < -0.39 is 10.0 Å². The van der Waals surface area contributed by atoms with Crippen LogP contribution in [0.1, 0.15) is 6.92 Å². The van der Waals surface area contributed by atoms with Crippen molar-refractivity contribution in [2.75, 3.05) is 42.3 Å². The van der Waals surface area contributed by atoms with Crippen molar-refractivity contribution in [1.29, 1.82) is 0 Å². The molecule has 0 amide bonds. The lowest BCUT2D eigenvalue weighted by molar-refractivity contribution is -0.898. The number of piperazine rings is 1. The van der Waals surface area contributed by atoms with E-state index in [1.165, 1.54) is 4.90 Å². The van der Waals surface area contributed by atoms with Gasteiger partial charge in [0.05, 0.1) is 48.7 Å². The van der Waals surface area contributed by atoms with Crippen LogP contribution in [0.25, 0.3) is 11.0 Å². The van der Waals surface area contributed by atoms with E-state index in [4.69, 9.17) is 4.98 Å². The van der Waals surface area contributed by atoms with Crippen molar-refractivity contribution in [2.45, 2.75) is 11.8 Å². The van der Waals surface area contributed by atoms with Crippen molar-refractivity contribution >= 4 is 32.7 Å². The number of benzene rings is 2. The highest BCUT2D eigenvalue weighted by Gasteiger charge is 2.25. The van der Waals surface area contributed by atoms with Crippen LogP contribution in [0.3, 0.4) is 0 Å². The third kappa shape index (κ3) is 3.79. The minimum atomic E-state index is -3.74. The molecule has 0 atom stereocenters. The minimum Gasteiger partial charge on any atom is -0.342 e. The molecule has 146 valence electrons. The number of para-hydroxylation sites is 2. The summed E-state index contributed by atoms with van der Waals surface area (Å²) in [6.07, 6.45) is 0. The summed E-state index contributed by atoms with van der Waals surface area (Å²) in [6.45, 7) is 6.89. The number of rotatable bonds is 5. The topological polar surface area (TPSA) is 79.6 Å². The molecule has 1 aromatic heterocycles. The molecule has 2 N–H and O–H groups in total. The molecule has 0 spiro atoms. The van der Waals surface area contributed by atoms with Crippen LogP contribution in [0, 0.1) is 0 Å². The fourth-order valence-electron chi connectivity index (χ4n) is 3.45. The molecule has 0 aliphatic carbocycles. The Bertz CT molecular complexity index is 1060. The van der Waals surface area contributed by atoms with Crippen LogP contribution >= 0.6 is 0 Å². The van der Waals surface area contributed by atoms with E-state index >= 15 is 0 Å². The van der Waals surface area contributed by atoms with Crippen molar-refractivity contribution in [3.05, 3.63) is 54.6 Å². The van der Waals surface area contributed by atoms with Crippen LogP contribution in [-0.2, 0) is 10.0 Å². The first kappa shape index (κ1) is 18.6. The second-order valence-corrected chi connectivity index (χ2v) is 8.58. The van der Waals surface area contributed by atoms with E-state index in [1.54, 1.807) is 30.3 Å². The van der Waals surface area contributed by atoms with Crippen LogP contribution in [0.2, 0.25) is 0 Å². The van der Waals surface area contributed by atoms with Crippen molar-refractivity contribution < 1.29 is 13.3 Å². The summed E-state index contributed by atoms with van der Waals surface area (Å²) in [4.78, 5) is 13.2. The Hall–Kier alpha value is -2.71. The Morgan fingerprint density at radius 3 is 2.21 bits per heavy atom. The van der Waals surface area contributed by atoms with Crippen LogP contribution in [0.15, 0.2) is 59.5 Å². The van der Waals surface area contributed by atoms with E-state index in [-0.39, 0.29) is 10.7 Å². The largest absolute Gasteiger partial charge is 0.342 e. The number of likely N-dealkylation sites (N-methyl/N-ethyl adjacent to an activating group) is 1. The van der Waals surface area contributed by atoms with Gasteiger partial charge in [-0.2, -0.15) is 0 Å². The fraction of sp³-hybridized carbons (Fsp3) is 0.300. The van der Waals surface area contributed by atoms with Crippen molar-refractivity contribution in [1.82, 2.24) is 9.97 Å². The second-order valence-electron chi connectivity index (χ2n) is 6.89. The number of nitrogens with one attached hydrogen (secondary N) is 2. The minimum absolute atomic E-state index is 0.205. The average Bonchev–Trinajstić information content (AvgIpc) is 2.74. The third-order valence-corrected chi connectivity index (χ3v) is 6.46. The number of anilines is 2. The smallest absolute Gasteiger partial charge is 0.263 e. The number of quaternary nitrogens is 1. The molecule has 0 saturated carbocycles. The lowest BCUT2D eigenvalue weighted by Gasteiger charge is -2.33. The first-order valence-corrected chi connectivity index (χ1v) is 11.0. The van der Waals surface area contributed by atoms with Gasteiger partial charge in [-0.25, -0.2) is 18.4 Å². The van der Waals surface area contributed by atoms with Crippen LogP contribution in [-0.4, -0.2) is 51.1 Å². The predicted octanol–water partition coefficient (Wildman–Crippen LogP) is 1.16. The number of hydrogen-bond donors (Lipinski definition) is 2. The van der Waals surface area contributed by atoms with Gasteiger partial charge in [0.1, 0.15) is 0 Å². The molecule has 0 unspecified atom stereocenters. The maximum Gasteiger partial charge on any atom is 0.263 e. The summed E-state index contributed by atoms with van der Waals surface area (Å²) >= 11 is 0. The van der Waals surface area contributed by atoms with E-state index in [0.717, 1.165) is 38.2 Å². The van der Waals surface area contributed by atoms with Gasteiger partial charge in [-0.15, -0.1) is 0 Å². The molecular formula is C20H24N5O2S+. The highest BCUT2D eigenvalue weighted by Crippen LogP contribution is 2.27. The number of fused-ring (bicyclic) bond motifs is 1. The number of aromatic nitrogens is 2. The Labute approximate surface area is 165 Å². The molecule has 2 heterocycles. The van der Waals surface area contributed by atoms with Crippen LogP contribution in [0.5, 0.6) is 0 Å². The molecule has 4 rings (SSSR count). The molecule has 8 heteroatoms. The SMILES string of the molecule is CC[NH+]1CCN(c2nc3ccccc3nc2NS(=O)(=O)c2ccccc2)CC1. The van der Waals surface area contributed by atoms with Crippen molar-refractivity contribution in [2.24, 2.45) is 0 Å². The van der Waals surface area contributed by atoms with Crippen LogP contribution in [0.4, 0.5) is 11.6 Å². The zero-order valence-electron chi connectivity index (χ0n) is 15.8. The van der Waals surface area contributed by atoms with E-state index in [2.05, 4.69) is 21.5 Å². The zero-order chi connectivity index (χ0) is 19.6. The highest BCUT2D eigenvalue weighted by molar-refractivity contribution is 7.92. The summed E-state index contributed by atoms with van der Waals surface area (Å²) in [6, 6.07) is 15.8. The maximum absolute atomic E-state index is 12.9.